The summed E-state index contributed by atoms with van der Waals surface area (Å²) in [6, 6.07) is 7.80. The Hall–Kier alpha value is -1.75. The predicted molar refractivity (Wildman–Crippen MR) is 65.5 cm³/mol. The van der Waals surface area contributed by atoms with Crippen LogP contribution in [0.4, 0.5) is 0 Å². The maximum atomic E-state index is 8.35. The Morgan fingerprint density at radius 2 is 2.00 bits per heavy atom. The van der Waals surface area contributed by atoms with Gasteiger partial charge in [-0.15, -0.1) is 0 Å². The molecule has 0 saturated heterocycles. The van der Waals surface area contributed by atoms with Crippen LogP contribution in [0.3, 0.4) is 0 Å². The van der Waals surface area contributed by atoms with E-state index in [0.29, 0.717) is 19.6 Å². The molecule has 1 aromatic rings. The zero-order valence-electron chi connectivity index (χ0n) is 9.93. The molecule has 1 aromatic carbocycles. The van der Waals surface area contributed by atoms with E-state index in [1.807, 2.05) is 24.3 Å². The number of hydrogen-bond donors (Lipinski definition) is 2. The minimum absolute atomic E-state index is 0.168. The zero-order valence-corrected chi connectivity index (χ0v) is 9.93. The van der Waals surface area contributed by atoms with Crippen LogP contribution in [0.1, 0.15) is 12.0 Å². The fraction of sp³-hybridized carbons (Fsp3) is 0.417. The third kappa shape index (κ3) is 5.21. The van der Waals surface area contributed by atoms with Gasteiger partial charge in [-0.25, -0.2) is 0 Å². The lowest BCUT2D eigenvalue weighted by atomic mass is 10.1. The highest BCUT2D eigenvalue weighted by molar-refractivity contribution is 5.79. The number of ether oxygens (including phenoxy) is 2. The molecule has 17 heavy (non-hydrogen) atoms. The Kier molecular flexibility index (Phi) is 5.88. The molecule has 0 bridgehead atoms. The summed E-state index contributed by atoms with van der Waals surface area (Å²) in [5, 5.41) is 11.2. The van der Waals surface area contributed by atoms with Crippen molar-refractivity contribution in [1.29, 1.82) is 0 Å². The number of rotatable bonds is 7. The Morgan fingerprint density at radius 3 is 2.59 bits per heavy atom. The van der Waals surface area contributed by atoms with E-state index in [1.165, 1.54) is 5.56 Å². The topological polar surface area (TPSA) is 77.1 Å². The highest BCUT2D eigenvalue weighted by Gasteiger charge is 1.97. The second-order valence-electron chi connectivity index (χ2n) is 3.58. The van der Waals surface area contributed by atoms with Gasteiger partial charge in [0.1, 0.15) is 11.6 Å². The van der Waals surface area contributed by atoms with E-state index in [1.54, 1.807) is 7.11 Å². The highest BCUT2D eigenvalue weighted by atomic mass is 16.5. The fourth-order valence-electron chi connectivity index (χ4n) is 1.30. The first-order valence-corrected chi connectivity index (χ1v) is 5.43. The van der Waals surface area contributed by atoms with E-state index in [4.69, 9.17) is 20.4 Å². The summed E-state index contributed by atoms with van der Waals surface area (Å²) in [6.45, 7) is 1.11. The summed E-state index contributed by atoms with van der Waals surface area (Å²) in [5.74, 6) is 0.943. The van der Waals surface area contributed by atoms with Crippen molar-refractivity contribution in [1.82, 2.24) is 0 Å². The Labute approximate surface area is 101 Å². The molecule has 0 amide bonds. The van der Waals surface area contributed by atoms with Crippen molar-refractivity contribution in [2.45, 2.75) is 12.8 Å². The van der Waals surface area contributed by atoms with E-state index >= 15 is 0 Å². The summed E-state index contributed by atoms with van der Waals surface area (Å²) in [4.78, 5) is 0. The summed E-state index contributed by atoms with van der Waals surface area (Å²) in [5.41, 5.74) is 6.53. The molecule has 94 valence electrons. The summed E-state index contributed by atoms with van der Waals surface area (Å²) < 4.78 is 10.4. The maximum Gasteiger partial charge on any atom is 0.142 e. The third-order valence-corrected chi connectivity index (χ3v) is 2.27. The molecule has 0 atom stereocenters. The predicted octanol–water partition coefficient (Wildman–Crippen LogP) is 1.39. The molecular formula is C12H18N2O3. The summed E-state index contributed by atoms with van der Waals surface area (Å²) in [6.07, 6.45) is 1.29. The number of benzene rings is 1. The van der Waals surface area contributed by atoms with Gasteiger partial charge in [0, 0.05) is 13.5 Å². The molecule has 0 aliphatic rings. The van der Waals surface area contributed by atoms with Gasteiger partial charge in [0.05, 0.1) is 13.2 Å². The van der Waals surface area contributed by atoms with Crippen molar-refractivity contribution < 1.29 is 14.7 Å². The first-order valence-electron chi connectivity index (χ1n) is 5.43. The molecule has 0 radical (unpaired) electrons. The van der Waals surface area contributed by atoms with E-state index in [0.717, 1.165) is 12.2 Å². The number of methoxy groups -OCH3 is 1. The van der Waals surface area contributed by atoms with E-state index in [-0.39, 0.29) is 5.84 Å². The molecule has 5 heteroatoms. The molecular weight excluding hydrogens is 220 g/mol. The normalized spacial score (nSPS) is 11.5. The lowest BCUT2D eigenvalue weighted by Gasteiger charge is -2.06. The molecule has 0 heterocycles. The average Bonchev–Trinajstić information content (AvgIpc) is 2.37. The first kappa shape index (κ1) is 13.3. The number of nitrogens with zero attached hydrogens (tertiary/aromatic N) is 1. The number of nitrogens with two attached hydrogens (primary N) is 1. The van der Waals surface area contributed by atoms with Gasteiger partial charge in [-0.1, -0.05) is 17.3 Å². The lowest BCUT2D eigenvalue weighted by molar-refractivity contribution is 0.202. The van der Waals surface area contributed by atoms with Gasteiger partial charge >= 0.3 is 0 Å². The van der Waals surface area contributed by atoms with Crippen LogP contribution in [0.2, 0.25) is 0 Å². The highest BCUT2D eigenvalue weighted by Crippen LogP contribution is 2.12. The van der Waals surface area contributed by atoms with Crippen molar-refractivity contribution in [2.24, 2.45) is 10.9 Å². The quantitative estimate of drug-likeness (QED) is 0.326. The van der Waals surface area contributed by atoms with Crippen molar-refractivity contribution in [2.75, 3.05) is 20.3 Å². The van der Waals surface area contributed by atoms with Gasteiger partial charge in [-0.05, 0) is 24.1 Å². The molecule has 3 N–H and O–H groups in total. The van der Waals surface area contributed by atoms with Gasteiger partial charge in [0.2, 0.25) is 0 Å². The van der Waals surface area contributed by atoms with Crippen molar-refractivity contribution in [3.8, 4) is 5.75 Å². The summed E-state index contributed by atoms with van der Waals surface area (Å²) in [7, 11) is 1.69. The number of hydrogen-bond acceptors (Lipinski definition) is 4. The molecule has 0 aromatic heterocycles. The summed E-state index contributed by atoms with van der Waals surface area (Å²) >= 11 is 0. The van der Waals surface area contributed by atoms with Crippen LogP contribution in [0.25, 0.3) is 0 Å². The molecule has 0 aliphatic carbocycles. The molecule has 0 saturated carbocycles. The second-order valence-corrected chi connectivity index (χ2v) is 3.58. The lowest BCUT2D eigenvalue weighted by Crippen LogP contribution is -2.15. The van der Waals surface area contributed by atoms with E-state index in [9.17, 15) is 0 Å². The monoisotopic (exact) mass is 238 g/mol. The van der Waals surface area contributed by atoms with Crippen LogP contribution in [-0.4, -0.2) is 31.4 Å². The minimum Gasteiger partial charge on any atom is -0.493 e. The molecule has 0 unspecified atom stereocenters. The van der Waals surface area contributed by atoms with Gasteiger partial charge in [-0.3, -0.25) is 0 Å². The van der Waals surface area contributed by atoms with Crippen LogP contribution in [0.15, 0.2) is 29.4 Å². The van der Waals surface area contributed by atoms with E-state index < -0.39 is 0 Å². The average molecular weight is 238 g/mol. The Balaban J connectivity index is 2.35. The van der Waals surface area contributed by atoms with Crippen molar-refractivity contribution in [3.63, 3.8) is 0 Å². The van der Waals surface area contributed by atoms with Crippen LogP contribution >= 0.6 is 0 Å². The van der Waals surface area contributed by atoms with Gasteiger partial charge in [0.15, 0.2) is 0 Å². The van der Waals surface area contributed by atoms with Crippen LogP contribution in [0.5, 0.6) is 5.75 Å². The Bertz CT molecular complexity index is 349. The molecule has 0 spiro atoms. The molecule has 1 rings (SSSR count). The number of oxime groups is 1. The standard InChI is InChI=1S/C12H18N2O3/c1-16-8-6-10-2-4-11(5-3-10)17-9-7-12(13)14-15/h2-5,15H,6-9H2,1H3,(H2,13,14). The molecule has 0 fully saturated rings. The largest absolute Gasteiger partial charge is 0.493 e. The fourth-order valence-corrected chi connectivity index (χ4v) is 1.30. The minimum atomic E-state index is 0.168. The molecule has 0 aliphatic heterocycles. The maximum absolute atomic E-state index is 8.35. The smallest absolute Gasteiger partial charge is 0.142 e. The van der Waals surface area contributed by atoms with Crippen LogP contribution in [-0.2, 0) is 11.2 Å². The van der Waals surface area contributed by atoms with Crippen molar-refractivity contribution >= 4 is 5.84 Å². The van der Waals surface area contributed by atoms with Gasteiger partial charge in [-0.2, -0.15) is 0 Å². The van der Waals surface area contributed by atoms with Gasteiger partial charge in [0.25, 0.3) is 0 Å². The van der Waals surface area contributed by atoms with E-state index in [2.05, 4.69) is 5.16 Å². The second kappa shape index (κ2) is 7.51. The zero-order chi connectivity index (χ0) is 12.5. The van der Waals surface area contributed by atoms with Crippen molar-refractivity contribution in [3.05, 3.63) is 29.8 Å². The SMILES string of the molecule is COCCc1ccc(OCC/C(N)=N/O)cc1. The third-order valence-electron chi connectivity index (χ3n) is 2.27. The first-order chi connectivity index (χ1) is 8.26. The Morgan fingerprint density at radius 1 is 1.29 bits per heavy atom. The van der Waals surface area contributed by atoms with Crippen LogP contribution < -0.4 is 10.5 Å². The van der Waals surface area contributed by atoms with Crippen LogP contribution in [0, 0.1) is 0 Å². The van der Waals surface area contributed by atoms with Gasteiger partial charge < -0.3 is 20.4 Å². The molecule has 5 nitrogen and oxygen atoms in total. The number of amidine groups is 1.